The first-order valence-electron chi connectivity index (χ1n) is 12.4. The van der Waals surface area contributed by atoms with E-state index in [0.717, 1.165) is 30.1 Å². The highest BCUT2D eigenvalue weighted by Crippen LogP contribution is 2.31. The summed E-state index contributed by atoms with van der Waals surface area (Å²) in [6.45, 7) is 3.17. The quantitative estimate of drug-likeness (QED) is 0.550. The van der Waals surface area contributed by atoms with Crippen LogP contribution in [0.3, 0.4) is 0 Å². The molecule has 1 unspecified atom stereocenters. The number of allylic oxidation sites excluding steroid dienone is 1. The number of fused-ring (bicyclic) bond motifs is 2. The maximum Gasteiger partial charge on any atom is 0.253 e. The lowest BCUT2D eigenvalue weighted by Gasteiger charge is -2.36. The monoisotopic (exact) mass is 530 g/mol. The van der Waals surface area contributed by atoms with Crippen molar-refractivity contribution in [1.82, 2.24) is 9.80 Å². The van der Waals surface area contributed by atoms with Crippen LogP contribution < -0.4 is 9.64 Å². The molecular formula is C28H26N4O5S. The molecule has 2 saturated heterocycles. The number of amides is 2. The highest BCUT2D eigenvalue weighted by molar-refractivity contribution is 7.80. The smallest absolute Gasteiger partial charge is 0.253 e. The van der Waals surface area contributed by atoms with Crippen LogP contribution in [0.5, 0.6) is 5.75 Å². The first kappa shape index (κ1) is 24.2. The zero-order valence-corrected chi connectivity index (χ0v) is 21.6. The minimum Gasteiger partial charge on any atom is -0.497 e. The van der Waals surface area contributed by atoms with Gasteiger partial charge in [0.2, 0.25) is 17.8 Å². The van der Waals surface area contributed by atoms with E-state index in [0.29, 0.717) is 35.9 Å². The number of piperazine rings is 1. The number of anilines is 1. The summed E-state index contributed by atoms with van der Waals surface area (Å²) in [7, 11) is 1.66. The molecule has 9 nitrogen and oxygen atoms in total. The Balaban J connectivity index is 1.08. The molecule has 6 rings (SSSR count). The molecule has 0 aromatic heterocycles. The third kappa shape index (κ3) is 4.51. The van der Waals surface area contributed by atoms with Gasteiger partial charge < -0.3 is 24.0 Å². The Morgan fingerprint density at radius 1 is 1.08 bits per heavy atom. The van der Waals surface area contributed by atoms with E-state index >= 15 is 0 Å². The number of hydrogen-bond acceptors (Lipinski definition) is 7. The molecule has 1 atom stereocenters. The molecule has 2 aromatic rings. The van der Waals surface area contributed by atoms with Crippen LogP contribution in [0.25, 0.3) is 0 Å². The highest BCUT2D eigenvalue weighted by Gasteiger charge is 2.38. The second-order valence-corrected chi connectivity index (χ2v) is 9.71. The summed E-state index contributed by atoms with van der Waals surface area (Å²) in [6.07, 6.45) is 3.44. The zero-order chi connectivity index (χ0) is 26.2. The number of nitrogens with zero attached hydrogens (tertiary/aromatic N) is 4. The summed E-state index contributed by atoms with van der Waals surface area (Å²) < 4.78 is 16.1. The molecule has 2 aromatic carbocycles. The number of hydrogen-bond donors (Lipinski definition) is 0. The van der Waals surface area contributed by atoms with E-state index in [1.165, 1.54) is 4.90 Å². The van der Waals surface area contributed by atoms with Gasteiger partial charge in [-0.05, 0) is 48.1 Å². The van der Waals surface area contributed by atoms with E-state index in [9.17, 15) is 9.59 Å². The van der Waals surface area contributed by atoms with E-state index in [2.05, 4.69) is 16.0 Å². The van der Waals surface area contributed by atoms with Crippen LogP contribution in [0.1, 0.15) is 15.9 Å². The number of aliphatic imine (C=N–C) groups is 1. The molecule has 4 aliphatic rings. The van der Waals surface area contributed by atoms with Gasteiger partial charge in [-0.25, -0.2) is 4.99 Å². The van der Waals surface area contributed by atoms with Crippen molar-refractivity contribution >= 4 is 40.5 Å². The Bertz CT molecular complexity index is 1390. The molecule has 2 fully saturated rings. The van der Waals surface area contributed by atoms with E-state index < -0.39 is 5.92 Å². The molecule has 10 heteroatoms. The second kappa shape index (κ2) is 9.94. The third-order valence-corrected chi connectivity index (χ3v) is 7.41. The fourth-order valence-electron chi connectivity index (χ4n) is 4.97. The Kier molecular flexibility index (Phi) is 6.32. The lowest BCUT2D eigenvalue weighted by Crippen LogP contribution is -2.48. The molecule has 3 heterocycles. The van der Waals surface area contributed by atoms with Crippen molar-refractivity contribution in [3.63, 3.8) is 0 Å². The van der Waals surface area contributed by atoms with Gasteiger partial charge in [-0.2, -0.15) is 0 Å². The van der Waals surface area contributed by atoms with Crippen LogP contribution in [0.4, 0.5) is 5.69 Å². The van der Waals surface area contributed by atoms with E-state index in [-0.39, 0.29) is 30.3 Å². The molecule has 0 bridgehead atoms. The van der Waals surface area contributed by atoms with E-state index in [1.54, 1.807) is 31.4 Å². The van der Waals surface area contributed by atoms with Gasteiger partial charge in [-0.15, -0.1) is 0 Å². The highest BCUT2D eigenvalue weighted by atomic mass is 32.1. The van der Waals surface area contributed by atoms with Crippen molar-refractivity contribution in [1.29, 1.82) is 0 Å². The van der Waals surface area contributed by atoms with Gasteiger partial charge in [0, 0.05) is 49.6 Å². The second-order valence-electron chi connectivity index (χ2n) is 9.34. The predicted octanol–water partition coefficient (Wildman–Crippen LogP) is 3.13. The summed E-state index contributed by atoms with van der Waals surface area (Å²) in [6, 6.07) is 15.3. The molecule has 194 valence electrons. The molecule has 0 N–H and O–H groups in total. The molecule has 3 aliphatic heterocycles. The normalized spacial score (nSPS) is 20.5. The number of carbonyl (C=O) groups excluding carboxylic acids is 2. The fourth-order valence-corrected chi connectivity index (χ4v) is 5.23. The number of thiocarbonyl (C=S) groups is 1. The van der Waals surface area contributed by atoms with Crippen LogP contribution in [0.2, 0.25) is 0 Å². The third-order valence-electron chi connectivity index (χ3n) is 7.10. The predicted molar refractivity (Wildman–Crippen MR) is 145 cm³/mol. The number of methoxy groups -OCH3 is 1. The molecule has 38 heavy (non-hydrogen) atoms. The Morgan fingerprint density at radius 2 is 1.84 bits per heavy atom. The van der Waals surface area contributed by atoms with Gasteiger partial charge >= 0.3 is 0 Å². The first-order chi connectivity index (χ1) is 18.5. The van der Waals surface area contributed by atoms with Crippen LogP contribution in [-0.2, 0) is 20.8 Å². The van der Waals surface area contributed by atoms with Crippen molar-refractivity contribution in [2.24, 2.45) is 10.9 Å². The SMILES string of the molecule is COc1cccc(N2CCN(C(=O)c3ccc(CN4C(=O)C5C=C6OCOC6=CC5=NC4=S)cc3)CC2)c1. The largest absolute Gasteiger partial charge is 0.497 e. The minimum absolute atomic E-state index is 0.00384. The minimum atomic E-state index is -0.557. The molecule has 0 spiro atoms. The van der Waals surface area contributed by atoms with Gasteiger partial charge in [-0.3, -0.25) is 14.5 Å². The number of rotatable bonds is 5. The van der Waals surface area contributed by atoms with Crippen molar-refractivity contribution in [2.75, 3.05) is 45.0 Å². The molecule has 0 saturated carbocycles. The van der Waals surface area contributed by atoms with Crippen LogP contribution in [0, 0.1) is 5.92 Å². The standard InChI is InChI=1S/C28H26N4O5S/c1-35-21-4-2-3-20(13-21)30-9-11-31(12-10-30)26(33)19-7-5-18(6-8-19)16-32-27(34)22-14-24-25(37-17-36-24)15-23(22)29-28(32)38/h2-8,13-15,22H,9-12,16-17H2,1H3. The topological polar surface area (TPSA) is 83.9 Å². The average Bonchev–Trinajstić information content (AvgIpc) is 3.42. The van der Waals surface area contributed by atoms with E-state index in [1.807, 2.05) is 35.2 Å². The Morgan fingerprint density at radius 3 is 2.61 bits per heavy atom. The summed E-state index contributed by atoms with van der Waals surface area (Å²) in [5.41, 5.74) is 3.13. The Labute approximate surface area is 225 Å². The van der Waals surface area contributed by atoms with Crippen molar-refractivity contribution < 1.29 is 23.8 Å². The van der Waals surface area contributed by atoms with Crippen LogP contribution in [-0.4, -0.2) is 72.5 Å². The average molecular weight is 531 g/mol. The van der Waals surface area contributed by atoms with Gasteiger partial charge in [-0.1, -0.05) is 18.2 Å². The Hall–Kier alpha value is -4.18. The fraction of sp³-hybridized carbons (Fsp3) is 0.286. The summed E-state index contributed by atoms with van der Waals surface area (Å²) in [5.74, 6) is 1.23. The number of ether oxygens (including phenoxy) is 3. The van der Waals surface area contributed by atoms with Gasteiger partial charge in [0.05, 0.1) is 19.4 Å². The summed E-state index contributed by atoms with van der Waals surface area (Å²) >= 11 is 5.43. The summed E-state index contributed by atoms with van der Waals surface area (Å²) in [4.78, 5) is 36.5. The lowest BCUT2D eigenvalue weighted by molar-refractivity contribution is -0.129. The molecular weight excluding hydrogens is 504 g/mol. The maximum absolute atomic E-state index is 13.2. The van der Waals surface area contributed by atoms with Crippen LogP contribution in [0.15, 0.2) is 77.2 Å². The maximum atomic E-state index is 13.2. The van der Waals surface area contributed by atoms with Gasteiger partial charge in [0.1, 0.15) is 11.7 Å². The summed E-state index contributed by atoms with van der Waals surface area (Å²) in [5, 5.41) is 0.211. The zero-order valence-electron chi connectivity index (χ0n) is 20.8. The van der Waals surface area contributed by atoms with Crippen molar-refractivity contribution in [3.05, 3.63) is 83.3 Å². The van der Waals surface area contributed by atoms with Crippen molar-refractivity contribution in [3.8, 4) is 5.75 Å². The van der Waals surface area contributed by atoms with Crippen molar-refractivity contribution in [2.45, 2.75) is 6.54 Å². The number of carbonyl (C=O) groups is 2. The van der Waals surface area contributed by atoms with Gasteiger partial charge in [0.25, 0.3) is 5.91 Å². The first-order valence-corrected chi connectivity index (χ1v) is 12.8. The van der Waals surface area contributed by atoms with Crippen LogP contribution >= 0.6 is 12.2 Å². The molecule has 1 aliphatic carbocycles. The van der Waals surface area contributed by atoms with E-state index in [4.69, 9.17) is 26.4 Å². The van der Waals surface area contributed by atoms with Gasteiger partial charge in [0.15, 0.2) is 11.5 Å². The molecule has 2 amide bonds. The molecule has 0 radical (unpaired) electrons. The number of benzene rings is 2. The lowest BCUT2D eigenvalue weighted by atomic mass is 9.93.